The van der Waals surface area contributed by atoms with Crippen LogP contribution in [0.3, 0.4) is 0 Å². The van der Waals surface area contributed by atoms with Crippen LogP contribution in [0.2, 0.25) is 0 Å². The first-order chi connectivity index (χ1) is 12.7. The van der Waals surface area contributed by atoms with Gasteiger partial charge in [0.05, 0.1) is 13.2 Å². The molecule has 0 radical (unpaired) electrons. The van der Waals surface area contributed by atoms with Gasteiger partial charge in [0.1, 0.15) is 24.4 Å². The van der Waals surface area contributed by atoms with Crippen LogP contribution in [0.4, 0.5) is 0 Å². The smallest absolute Gasteiger partial charge is 0.114 e. The van der Waals surface area contributed by atoms with Gasteiger partial charge >= 0.3 is 0 Å². The van der Waals surface area contributed by atoms with Gasteiger partial charge in [-0.05, 0) is 32.1 Å². The Kier molecular flexibility index (Phi) is 14.1. The lowest BCUT2D eigenvalue weighted by Crippen LogP contribution is -2.42. The average molecular weight is 373 g/mol. The summed E-state index contributed by atoms with van der Waals surface area (Å²) in [6.07, 6.45) is 15.0. The summed E-state index contributed by atoms with van der Waals surface area (Å²) in [5, 5.41) is 28.7. The molecule has 0 aromatic rings. The van der Waals surface area contributed by atoms with E-state index in [1.54, 1.807) is 0 Å². The summed E-state index contributed by atoms with van der Waals surface area (Å²) in [5.74, 6) is 0. The summed E-state index contributed by atoms with van der Waals surface area (Å²) in [7, 11) is 0. The Morgan fingerprint density at radius 2 is 1.58 bits per heavy atom. The van der Waals surface area contributed by atoms with Crippen molar-refractivity contribution in [3.8, 4) is 0 Å². The second kappa shape index (κ2) is 15.6. The third kappa shape index (κ3) is 10.0. The number of unbranched alkanes of at least 4 members (excludes halogenated alkanes) is 9. The van der Waals surface area contributed by atoms with Gasteiger partial charge in [-0.2, -0.15) is 0 Å². The molecule has 5 heteroatoms. The highest BCUT2D eigenvalue weighted by Gasteiger charge is 2.40. The standard InChI is InChI=1S/C21H40O5/c1-2-3-4-5-6-7-8-9-10-11-12-13-14-15-25-19(16-22)21-20(24)18(23)17-26-21/h8-9,18-24H,2-7,10-17H2,1H3/b9-8+/t18-,19+,20-,21-/m1/s1. The van der Waals surface area contributed by atoms with Gasteiger partial charge in [0.15, 0.2) is 0 Å². The van der Waals surface area contributed by atoms with Crippen molar-refractivity contribution >= 4 is 0 Å². The molecule has 4 atom stereocenters. The number of allylic oxidation sites excluding steroid dienone is 2. The summed E-state index contributed by atoms with van der Waals surface area (Å²) < 4.78 is 10.9. The molecule has 0 unspecified atom stereocenters. The van der Waals surface area contributed by atoms with Crippen LogP contribution >= 0.6 is 0 Å². The van der Waals surface area contributed by atoms with Crippen LogP contribution in [0.25, 0.3) is 0 Å². The van der Waals surface area contributed by atoms with Gasteiger partial charge < -0.3 is 24.8 Å². The fourth-order valence-electron chi connectivity index (χ4n) is 3.26. The Balaban J connectivity index is 1.92. The van der Waals surface area contributed by atoms with Crippen molar-refractivity contribution in [2.45, 2.75) is 102 Å². The van der Waals surface area contributed by atoms with Crippen LogP contribution in [0.5, 0.6) is 0 Å². The molecule has 1 aliphatic rings. The van der Waals surface area contributed by atoms with E-state index in [-0.39, 0.29) is 13.2 Å². The van der Waals surface area contributed by atoms with Gasteiger partial charge in [-0.15, -0.1) is 0 Å². The number of rotatable bonds is 16. The third-order valence-electron chi connectivity index (χ3n) is 4.97. The predicted octanol–water partition coefficient (Wildman–Crippen LogP) is 3.35. The minimum atomic E-state index is -0.981. The molecule has 1 aliphatic heterocycles. The zero-order chi connectivity index (χ0) is 19.0. The van der Waals surface area contributed by atoms with Gasteiger partial charge in [-0.3, -0.25) is 0 Å². The first-order valence-corrected chi connectivity index (χ1v) is 10.6. The van der Waals surface area contributed by atoms with E-state index in [9.17, 15) is 15.3 Å². The molecule has 0 saturated carbocycles. The maximum Gasteiger partial charge on any atom is 0.114 e. The number of aliphatic hydroxyl groups excluding tert-OH is 3. The second-order valence-corrected chi connectivity index (χ2v) is 7.32. The molecule has 0 aliphatic carbocycles. The highest BCUT2D eigenvalue weighted by molar-refractivity contribution is 4.88. The maximum absolute atomic E-state index is 9.80. The molecule has 0 spiro atoms. The van der Waals surface area contributed by atoms with Crippen LogP contribution in [-0.2, 0) is 9.47 Å². The molecule has 1 saturated heterocycles. The lowest BCUT2D eigenvalue weighted by molar-refractivity contribution is -0.101. The fraction of sp³-hybridized carbons (Fsp3) is 0.905. The first-order valence-electron chi connectivity index (χ1n) is 10.6. The Morgan fingerprint density at radius 3 is 2.12 bits per heavy atom. The largest absolute Gasteiger partial charge is 0.394 e. The summed E-state index contributed by atoms with van der Waals surface area (Å²) >= 11 is 0. The van der Waals surface area contributed by atoms with Crippen molar-refractivity contribution in [2.75, 3.05) is 19.8 Å². The molecule has 0 aromatic carbocycles. The maximum atomic E-state index is 9.80. The molecule has 154 valence electrons. The van der Waals surface area contributed by atoms with Crippen molar-refractivity contribution < 1.29 is 24.8 Å². The number of hydrogen-bond acceptors (Lipinski definition) is 5. The van der Waals surface area contributed by atoms with E-state index in [2.05, 4.69) is 19.1 Å². The van der Waals surface area contributed by atoms with E-state index in [0.29, 0.717) is 6.61 Å². The quantitative estimate of drug-likeness (QED) is 0.286. The normalized spacial score (nSPS) is 24.5. The van der Waals surface area contributed by atoms with E-state index >= 15 is 0 Å². The first kappa shape index (κ1) is 23.6. The molecular formula is C21H40O5. The van der Waals surface area contributed by atoms with Crippen LogP contribution in [-0.4, -0.2) is 59.6 Å². The molecule has 3 N–H and O–H groups in total. The predicted molar refractivity (Wildman–Crippen MR) is 104 cm³/mol. The monoisotopic (exact) mass is 372 g/mol. The van der Waals surface area contributed by atoms with Crippen LogP contribution in [0, 0.1) is 0 Å². The molecule has 5 nitrogen and oxygen atoms in total. The van der Waals surface area contributed by atoms with Crippen molar-refractivity contribution in [3.63, 3.8) is 0 Å². The number of aliphatic hydroxyl groups is 3. The average Bonchev–Trinajstić information content (AvgIpc) is 2.98. The SMILES string of the molecule is CCCCCCC/C=C/CCCCCCO[C@@H](CO)[C@H]1OC[C@@H](O)[C@H]1O. The van der Waals surface area contributed by atoms with E-state index in [4.69, 9.17) is 9.47 Å². The van der Waals surface area contributed by atoms with E-state index in [1.165, 1.54) is 51.4 Å². The van der Waals surface area contributed by atoms with Crippen LogP contribution < -0.4 is 0 Å². The second-order valence-electron chi connectivity index (χ2n) is 7.32. The van der Waals surface area contributed by atoms with Crippen molar-refractivity contribution in [1.29, 1.82) is 0 Å². The summed E-state index contributed by atoms with van der Waals surface area (Å²) in [6.45, 7) is 2.67. The molecule has 0 amide bonds. The van der Waals surface area contributed by atoms with Gasteiger partial charge in [-0.25, -0.2) is 0 Å². The van der Waals surface area contributed by atoms with Crippen molar-refractivity contribution in [2.24, 2.45) is 0 Å². The van der Waals surface area contributed by atoms with E-state index in [0.717, 1.165) is 19.3 Å². The van der Waals surface area contributed by atoms with E-state index < -0.39 is 24.4 Å². The Bertz CT molecular complexity index is 347. The molecule has 26 heavy (non-hydrogen) atoms. The third-order valence-corrected chi connectivity index (χ3v) is 4.97. The van der Waals surface area contributed by atoms with E-state index in [1.807, 2.05) is 0 Å². The number of hydrogen-bond donors (Lipinski definition) is 3. The zero-order valence-corrected chi connectivity index (χ0v) is 16.5. The fourth-order valence-corrected chi connectivity index (χ4v) is 3.26. The highest BCUT2D eigenvalue weighted by Crippen LogP contribution is 2.19. The molecule has 0 aromatic heterocycles. The zero-order valence-electron chi connectivity index (χ0n) is 16.5. The molecule has 1 rings (SSSR count). The minimum absolute atomic E-state index is 0.0952. The Labute approximate surface area is 159 Å². The molecule has 1 fully saturated rings. The Morgan fingerprint density at radius 1 is 0.962 bits per heavy atom. The van der Waals surface area contributed by atoms with Crippen molar-refractivity contribution in [1.82, 2.24) is 0 Å². The summed E-state index contributed by atoms with van der Waals surface area (Å²) in [6, 6.07) is 0. The summed E-state index contributed by atoms with van der Waals surface area (Å²) in [5.41, 5.74) is 0. The molecule has 0 bridgehead atoms. The van der Waals surface area contributed by atoms with Crippen molar-refractivity contribution in [3.05, 3.63) is 12.2 Å². The Hall–Kier alpha value is -0.460. The van der Waals surface area contributed by atoms with Gasteiger partial charge in [0, 0.05) is 6.61 Å². The topological polar surface area (TPSA) is 79.2 Å². The van der Waals surface area contributed by atoms with Crippen LogP contribution in [0.1, 0.15) is 77.6 Å². The molecular weight excluding hydrogens is 332 g/mol. The van der Waals surface area contributed by atoms with Gasteiger partial charge in [0.2, 0.25) is 0 Å². The lowest BCUT2D eigenvalue weighted by atomic mass is 10.1. The minimum Gasteiger partial charge on any atom is -0.394 e. The van der Waals surface area contributed by atoms with Gasteiger partial charge in [0.25, 0.3) is 0 Å². The number of ether oxygens (including phenoxy) is 2. The molecule has 1 heterocycles. The van der Waals surface area contributed by atoms with Gasteiger partial charge in [-0.1, -0.05) is 57.6 Å². The lowest BCUT2D eigenvalue weighted by Gasteiger charge is -2.24. The van der Waals surface area contributed by atoms with Crippen LogP contribution in [0.15, 0.2) is 12.2 Å². The summed E-state index contributed by atoms with van der Waals surface area (Å²) in [4.78, 5) is 0. The highest BCUT2D eigenvalue weighted by atomic mass is 16.6.